The molecule has 2 atom stereocenters. The van der Waals surface area contributed by atoms with Crippen LogP contribution in [-0.4, -0.2) is 32.4 Å². The van der Waals surface area contributed by atoms with Crippen molar-refractivity contribution >= 4 is 23.3 Å². The molecule has 0 amide bonds. The summed E-state index contributed by atoms with van der Waals surface area (Å²) in [6.07, 6.45) is 3.35. The van der Waals surface area contributed by atoms with Crippen molar-refractivity contribution in [2.45, 2.75) is 25.3 Å². The number of carbonyl (C=O) groups is 2. The van der Waals surface area contributed by atoms with Crippen LogP contribution in [0.4, 0.5) is 5.82 Å². The maximum absolute atomic E-state index is 12.5. The molecule has 1 aliphatic carbocycles. The number of carbonyl (C=O) groups excluding carboxylic acids is 1. The van der Waals surface area contributed by atoms with Crippen LogP contribution in [0.15, 0.2) is 41.5 Å². The summed E-state index contributed by atoms with van der Waals surface area (Å²) in [6.45, 7) is 0. The minimum absolute atomic E-state index is 0.0786. The van der Waals surface area contributed by atoms with Crippen LogP contribution in [0.3, 0.4) is 0 Å². The zero-order chi connectivity index (χ0) is 16.0. The molecule has 2 heterocycles. The third kappa shape index (κ3) is 2.10. The van der Waals surface area contributed by atoms with Gasteiger partial charge >= 0.3 is 5.97 Å². The zero-order valence-corrected chi connectivity index (χ0v) is 12.3. The van der Waals surface area contributed by atoms with Crippen molar-refractivity contribution in [3.8, 4) is 0 Å². The van der Waals surface area contributed by atoms with E-state index in [1.807, 2.05) is 30.3 Å². The summed E-state index contributed by atoms with van der Waals surface area (Å²) in [6, 6.07) is 9.31. The smallest absolute Gasteiger partial charge is 0.341 e. The molecule has 2 aliphatic rings. The van der Waals surface area contributed by atoms with Crippen LogP contribution in [0.2, 0.25) is 0 Å². The molecule has 2 aromatic rings. The van der Waals surface area contributed by atoms with Crippen LogP contribution in [0, 0.1) is 5.92 Å². The van der Waals surface area contributed by atoms with Crippen molar-refractivity contribution in [3.63, 3.8) is 0 Å². The summed E-state index contributed by atoms with van der Waals surface area (Å²) < 4.78 is 1.59. The lowest BCUT2D eigenvalue weighted by atomic mass is 9.77. The molecule has 6 nitrogen and oxygen atoms in total. The predicted molar refractivity (Wildman–Crippen MR) is 83.2 cm³/mol. The van der Waals surface area contributed by atoms with Gasteiger partial charge in [0.15, 0.2) is 5.82 Å². The fraction of sp³-hybridized carbons (Fsp3) is 0.294. The minimum atomic E-state index is -1.05. The van der Waals surface area contributed by atoms with E-state index in [0.29, 0.717) is 12.2 Å². The molecule has 116 valence electrons. The highest BCUT2D eigenvalue weighted by atomic mass is 16.4. The topological polar surface area (TPSA) is 84.5 Å². The minimum Gasteiger partial charge on any atom is -0.477 e. The van der Waals surface area contributed by atoms with Crippen molar-refractivity contribution in [2.24, 2.45) is 10.9 Å². The Morgan fingerprint density at radius 3 is 2.74 bits per heavy atom. The van der Waals surface area contributed by atoms with Crippen LogP contribution in [0.1, 0.15) is 41.2 Å². The lowest BCUT2D eigenvalue weighted by Crippen LogP contribution is -2.39. The van der Waals surface area contributed by atoms with Gasteiger partial charge in [0.25, 0.3) is 0 Å². The first-order chi connectivity index (χ1) is 11.2. The van der Waals surface area contributed by atoms with Gasteiger partial charge in [0.05, 0.1) is 18.2 Å². The summed E-state index contributed by atoms with van der Waals surface area (Å²) in [4.78, 5) is 28.4. The molecule has 1 N–H and O–H groups in total. The molecule has 4 rings (SSSR count). The molecule has 6 heteroatoms. The number of aromatic nitrogens is 2. The molecule has 23 heavy (non-hydrogen) atoms. The summed E-state index contributed by atoms with van der Waals surface area (Å²) in [7, 11) is 0. The Hall–Kier alpha value is -2.76. The number of nitrogens with zero attached hydrogens (tertiary/aromatic N) is 3. The molecule has 0 radical (unpaired) electrons. The molecule has 0 spiro atoms. The van der Waals surface area contributed by atoms with Gasteiger partial charge in [0.1, 0.15) is 11.3 Å². The van der Waals surface area contributed by atoms with Crippen LogP contribution in [-0.2, 0) is 4.79 Å². The lowest BCUT2D eigenvalue weighted by Gasteiger charge is -2.34. The van der Waals surface area contributed by atoms with Crippen LogP contribution < -0.4 is 0 Å². The van der Waals surface area contributed by atoms with E-state index in [1.165, 1.54) is 6.20 Å². The van der Waals surface area contributed by atoms with E-state index in [1.54, 1.807) is 4.68 Å². The van der Waals surface area contributed by atoms with Gasteiger partial charge in [-0.2, -0.15) is 5.10 Å². The second-order valence-electron chi connectivity index (χ2n) is 5.89. The molecular formula is C17H15N3O3. The third-order valence-corrected chi connectivity index (χ3v) is 4.53. The van der Waals surface area contributed by atoms with Gasteiger partial charge in [-0.15, -0.1) is 0 Å². The SMILES string of the molecule is O=C(O)c1cnn2c1N=C1CCCC(=O)C1C2c1ccccc1. The second-order valence-corrected chi connectivity index (χ2v) is 5.89. The van der Waals surface area contributed by atoms with E-state index < -0.39 is 5.97 Å². The first kappa shape index (κ1) is 13.9. The van der Waals surface area contributed by atoms with Gasteiger partial charge in [0.2, 0.25) is 0 Å². The predicted octanol–water partition coefficient (Wildman–Crippen LogP) is 2.63. The lowest BCUT2D eigenvalue weighted by molar-refractivity contribution is -0.122. The number of aromatic carboxylic acids is 1. The van der Waals surface area contributed by atoms with Crippen molar-refractivity contribution < 1.29 is 14.7 Å². The first-order valence-electron chi connectivity index (χ1n) is 7.62. The van der Waals surface area contributed by atoms with Gasteiger partial charge < -0.3 is 5.11 Å². The normalized spacial score (nSPS) is 23.0. The van der Waals surface area contributed by atoms with Gasteiger partial charge in [-0.1, -0.05) is 30.3 Å². The Morgan fingerprint density at radius 2 is 2.00 bits per heavy atom. The number of aliphatic imine (C=N–C) groups is 1. The van der Waals surface area contributed by atoms with E-state index in [0.717, 1.165) is 24.1 Å². The summed E-state index contributed by atoms with van der Waals surface area (Å²) in [5.41, 5.74) is 1.81. The van der Waals surface area contributed by atoms with Gasteiger partial charge in [-0.05, 0) is 18.4 Å². The average Bonchev–Trinajstić information content (AvgIpc) is 2.97. The van der Waals surface area contributed by atoms with Gasteiger partial charge in [-0.3, -0.25) is 4.79 Å². The van der Waals surface area contributed by atoms with Gasteiger partial charge in [-0.25, -0.2) is 14.5 Å². The van der Waals surface area contributed by atoms with Gasteiger partial charge in [0, 0.05) is 12.1 Å². The number of ketones is 1. The van der Waals surface area contributed by atoms with E-state index in [2.05, 4.69) is 10.1 Å². The van der Waals surface area contributed by atoms with Crippen molar-refractivity contribution in [1.29, 1.82) is 0 Å². The number of rotatable bonds is 2. The number of benzene rings is 1. The molecule has 0 bridgehead atoms. The molecule has 1 saturated carbocycles. The first-order valence-corrected chi connectivity index (χ1v) is 7.62. The number of carboxylic acids is 1. The number of carboxylic acid groups (broad SMARTS) is 1. The zero-order valence-electron chi connectivity index (χ0n) is 12.3. The second kappa shape index (κ2) is 5.15. The summed E-state index contributed by atoms with van der Waals surface area (Å²) in [5, 5.41) is 13.6. The molecular weight excluding hydrogens is 294 g/mol. The average molecular weight is 309 g/mol. The standard InChI is InChI=1S/C17H15N3O3/c21-13-8-4-7-12-14(13)15(10-5-2-1-3-6-10)20-16(19-12)11(9-18-20)17(22)23/h1-3,5-6,9,14-15H,4,7-8H2,(H,22,23). The van der Waals surface area contributed by atoms with E-state index >= 15 is 0 Å². The Labute approximate surface area is 132 Å². The molecule has 2 unspecified atom stereocenters. The summed E-state index contributed by atoms with van der Waals surface area (Å²) >= 11 is 0. The fourth-order valence-electron chi connectivity index (χ4n) is 3.51. The Balaban J connectivity index is 1.94. The molecule has 1 aliphatic heterocycles. The van der Waals surface area contributed by atoms with Crippen molar-refractivity contribution in [2.75, 3.05) is 0 Å². The van der Waals surface area contributed by atoms with E-state index in [9.17, 15) is 14.7 Å². The highest BCUT2D eigenvalue weighted by molar-refractivity contribution is 6.10. The Kier molecular flexibility index (Phi) is 3.11. The van der Waals surface area contributed by atoms with Crippen molar-refractivity contribution in [3.05, 3.63) is 47.7 Å². The number of hydrogen-bond donors (Lipinski definition) is 1. The highest BCUT2D eigenvalue weighted by Crippen LogP contribution is 2.41. The van der Waals surface area contributed by atoms with Crippen LogP contribution in [0.5, 0.6) is 0 Å². The fourth-order valence-corrected chi connectivity index (χ4v) is 3.51. The van der Waals surface area contributed by atoms with E-state index in [-0.39, 0.29) is 23.3 Å². The third-order valence-electron chi connectivity index (χ3n) is 4.53. The monoisotopic (exact) mass is 309 g/mol. The maximum atomic E-state index is 12.5. The molecule has 1 fully saturated rings. The number of Topliss-reactive ketones (excluding diaryl/α,β-unsaturated/α-hetero) is 1. The molecule has 0 saturated heterocycles. The van der Waals surface area contributed by atoms with Crippen molar-refractivity contribution in [1.82, 2.24) is 9.78 Å². The quantitative estimate of drug-likeness (QED) is 0.924. The van der Waals surface area contributed by atoms with Crippen LogP contribution >= 0.6 is 0 Å². The number of fused-ring (bicyclic) bond motifs is 2. The van der Waals surface area contributed by atoms with Crippen LogP contribution in [0.25, 0.3) is 0 Å². The Bertz CT molecular complexity index is 823. The number of hydrogen-bond acceptors (Lipinski definition) is 4. The maximum Gasteiger partial charge on any atom is 0.341 e. The Morgan fingerprint density at radius 1 is 1.22 bits per heavy atom. The molecule has 1 aromatic heterocycles. The van der Waals surface area contributed by atoms with E-state index in [4.69, 9.17) is 0 Å². The summed E-state index contributed by atoms with van der Waals surface area (Å²) in [5.74, 6) is -0.905. The highest BCUT2D eigenvalue weighted by Gasteiger charge is 2.42. The molecule has 1 aromatic carbocycles. The largest absolute Gasteiger partial charge is 0.477 e.